The van der Waals surface area contributed by atoms with E-state index in [1.807, 2.05) is 12.1 Å². The minimum atomic E-state index is -4.30. The van der Waals surface area contributed by atoms with E-state index in [0.717, 1.165) is 37.1 Å². The highest BCUT2D eigenvalue weighted by Gasteiger charge is 2.30. The number of benzene rings is 1. The number of piperidine rings is 1. The van der Waals surface area contributed by atoms with Gasteiger partial charge in [-0.25, -0.2) is 0 Å². The molecule has 142 valence electrons. The van der Waals surface area contributed by atoms with Gasteiger partial charge in [0, 0.05) is 22.3 Å². The summed E-state index contributed by atoms with van der Waals surface area (Å²) < 4.78 is 38.7. The first-order valence-electron chi connectivity index (χ1n) is 9.05. The Kier molecular flexibility index (Phi) is 6.05. The zero-order chi connectivity index (χ0) is 18.7. The van der Waals surface area contributed by atoms with E-state index in [1.54, 1.807) is 17.4 Å². The average molecular weight is 382 g/mol. The third-order valence-corrected chi connectivity index (χ3v) is 6.29. The maximum absolute atomic E-state index is 12.9. The van der Waals surface area contributed by atoms with Crippen LogP contribution >= 0.6 is 11.3 Å². The molecule has 2 nitrogen and oxygen atoms in total. The van der Waals surface area contributed by atoms with Crippen LogP contribution in [-0.4, -0.2) is 42.5 Å². The van der Waals surface area contributed by atoms with Crippen molar-refractivity contribution >= 4 is 11.3 Å². The molecule has 3 rings (SSSR count). The van der Waals surface area contributed by atoms with Gasteiger partial charge in [-0.05, 0) is 69.4 Å². The SMILES string of the molecule is CCN1CCC(N(C)Cc2ccc(-c3cccc(C(F)(F)F)c3)s2)CC1. The Bertz CT molecular complexity index is 718. The molecule has 2 heterocycles. The second kappa shape index (κ2) is 8.11. The molecule has 0 unspecified atom stereocenters. The largest absolute Gasteiger partial charge is 0.416 e. The van der Waals surface area contributed by atoms with Crippen LogP contribution in [0.25, 0.3) is 10.4 Å². The summed E-state index contributed by atoms with van der Waals surface area (Å²) in [4.78, 5) is 6.94. The summed E-state index contributed by atoms with van der Waals surface area (Å²) in [5.74, 6) is 0. The molecular formula is C20H25F3N2S. The van der Waals surface area contributed by atoms with E-state index in [-0.39, 0.29) is 0 Å². The van der Waals surface area contributed by atoms with Crippen molar-refractivity contribution in [2.75, 3.05) is 26.7 Å². The van der Waals surface area contributed by atoms with Crippen LogP contribution in [0.3, 0.4) is 0 Å². The van der Waals surface area contributed by atoms with E-state index in [1.165, 1.54) is 29.9 Å². The third-order valence-electron chi connectivity index (χ3n) is 5.17. The molecule has 0 bridgehead atoms. The van der Waals surface area contributed by atoms with Crippen LogP contribution in [0.4, 0.5) is 13.2 Å². The fraction of sp³-hybridized carbons (Fsp3) is 0.500. The molecule has 0 radical (unpaired) electrons. The van der Waals surface area contributed by atoms with Gasteiger partial charge < -0.3 is 4.90 Å². The molecule has 0 spiro atoms. The van der Waals surface area contributed by atoms with Gasteiger partial charge >= 0.3 is 6.18 Å². The smallest absolute Gasteiger partial charge is 0.303 e. The second-order valence-corrected chi connectivity index (χ2v) is 8.09. The minimum Gasteiger partial charge on any atom is -0.303 e. The van der Waals surface area contributed by atoms with E-state index < -0.39 is 11.7 Å². The Morgan fingerprint density at radius 1 is 1.15 bits per heavy atom. The average Bonchev–Trinajstić information content (AvgIpc) is 3.09. The van der Waals surface area contributed by atoms with Crippen molar-refractivity contribution in [2.45, 2.75) is 38.5 Å². The molecule has 0 atom stereocenters. The molecule has 1 aromatic heterocycles. The van der Waals surface area contributed by atoms with Crippen molar-refractivity contribution in [3.8, 4) is 10.4 Å². The van der Waals surface area contributed by atoms with Gasteiger partial charge in [0.05, 0.1) is 5.56 Å². The molecule has 0 saturated carbocycles. The predicted octanol–water partition coefficient (Wildman–Crippen LogP) is 5.35. The number of halogens is 3. The molecule has 0 N–H and O–H groups in total. The number of nitrogens with zero attached hydrogens (tertiary/aromatic N) is 2. The van der Waals surface area contributed by atoms with Crippen LogP contribution in [0.1, 0.15) is 30.2 Å². The third kappa shape index (κ3) is 4.67. The van der Waals surface area contributed by atoms with Gasteiger partial charge in [-0.2, -0.15) is 13.2 Å². The van der Waals surface area contributed by atoms with Crippen molar-refractivity contribution in [1.82, 2.24) is 9.80 Å². The van der Waals surface area contributed by atoms with Gasteiger partial charge in [0.15, 0.2) is 0 Å². The molecule has 0 aliphatic carbocycles. The van der Waals surface area contributed by atoms with Crippen LogP contribution in [0.5, 0.6) is 0 Å². The highest BCUT2D eigenvalue weighted by atomic mass is 32.1. The molecule has 0 amide bonds. The van der Waals surface area contributed by atoms with Crippen LogP contribution < -0.4 is 0 Å². The maximum atomic E-state index is 12.9. The van der Waals surface area contributed by atoms with Crippen molar-refractivity contribution in [3.63, 3.8) is 0 Å². The van der Waals surface area contributed by atoms with E-state index in [0.29, 0.717) is 11.6 Å². The topological polar surface area (TPSA) is 6.48 Å². The van der Waals surface area contributed by atoms with Gasteiger partial charge in [-0.1, -0.05) is 19.1 Å². The highest BCUT2D eigenvalue weighted by molar-refractivity contribution is 7.15. The molecule has 1 fully saturated rings. The zero-order valence-corrected chi connectivity index (χ0v) is 16.0. The lowest BCUT2D eigenvalue weighted by Gasteiger charge is -2.36. The Morgan fingerprint density at radius 3 is 2.54 bits per heavy atom. The predicted molar refractivity (Wildman–Crippen MR) is 101 cm³/mol. The van der Waals surface area contributed by atoms with E-state index >= 15 is 0 Å². The highest BCUT2D eigenvalue weighted by Crippen LogP contribution is 2.35. The summed E-state index contributed by atoms with van der Waals surface area (Å²) in [5.41, 5.74) is 0.0414. The van der Waals surface area contributed by atoms with Crippen LogP contribution in [-0.2, 0) is 12.7 Å². The maximum Gasteiger partial charge on any atom is 0.416 e. The Morgan fingerprint density at radius 2 is 1.88 bits per heavy atom. The number of alkyl halides is 3. The van der Waals surface area contributed by atoms with E-state index in [4.69, 9.17) is 0 Å². The summed E-state index contributed by atoms with van der Waals surface area (Å²) in [6.07, 6.45) is -1.95. The molecular weight excluding hydrogens is 357 g/mol. The van der Waals surface area contributed by atoms with Gasteiger partial charge in [0.1, 0.15) is 0 Å². The number of hydrogen-bond acceptors (Lipinski definition) is 3. The van der Waals surface area contributed by atoms with Crippen LogP contribution in [0.15, 0.2) is 36.4 Å². The fourth-order valence-electron chi connectivity index (χ4n) is 3.52. The molecule has 26 heavy (non-hydrogen) atoms. The number of rotatable bonds is 5. The van der Waals surface area contributed by atoms with Crippen molar-refractivity contribution in [2.24, 2.45) is 0 Å². The Labute approximate surface area is 157 Å². The summed E-state index contributed by atoms with van der Waals surface area (Å²) in [7, 11) is 2.15. The summed E-state index contributed by atoms with van der Waals surface area (Å²) in [6.45, 7) is 6.45. The van der Waals surface area contributed by atoms with Crippen LogP contribution in [0.2, 0.25) is 0 Å². The first-order chi connectivity index (χ1) is 12.4. The summed E-state index contributed by atoms with van der Waals surface area (Å²) in [6, 6.07) is 10.1. The lowest BCUT2D eigenvalue weighted by molar-refractivity contribution is -0.137. The summed E-state index contributed by atoms with van der Waals surface area (Å²) >= 11 is 1.58. The van der Waals surface area contributed by atoms with Gasteiger partial charge in [-0.15, -0.1) is 11.3 Å². The van der Waals surface area contributed by atoms with E-state index in [9.17, 15) is 13.2 Å². The minimum absolute atomic E-state index is 0.580. The lowest BCUT2D eigenvalue weighted by atomic mass is 10.0. The van der Waals surface area contributed by atoms with E-state index in [2.05, 4.69) is 23.8 Å². The normalized spacial score (nSPS) is 17.2. The van der Waals surface area contributed by atoms with Gasteiger partial charge in [0.2, 0.25) is 0 Å². The lowest BCUT2D eigenvalue weighted by Crippen LogP contribution is -2.42. The Balaban J connectivity index is 1.65. The van der Waals surface area contributed by atoms with Gasteiger partial charge in [-0.3, -0.25) is 4.90 Å². The number of hydrogen-bond donors (Lipinski definition) is 0. The molecule has 6 heteroatoms. The van der Waals surface area contributed by atoms with Gasteiger partial charge in [0.25, 0.3) is 0 Å². The second-order valence-electron chi connectivity index (χ2n) is 6.93. The van der Waals surface area contributed by atoms with Crippen molar-refractivity contribution < 1.29 is 13.2 Å². The Hall–Kier alpha value is -1.37. The van der Waals surface area contributed by atoms with Crippen LogP contribution in [0, 0.1) is 0 Å². The molecule has 2 aromatic rings. The first kappa shape index (κ1) is 19.4. The first-order valence-corrected chi connectivity index (χ1v) is 9.87. The molecule has 1 aliphatic rings. The number of thiophene rings is 1. The zero-order valence-electron chi connectivity index (χ0n) is 15.2. The van der Waals surface area contributed by atoms with Crippen molar-refractivity contribution in [3.05, 3.63) is 46.8 Å². The molecule has 1 aromatic carbocycles. The number of likely N-dealkylation sites (tertiary alicyclic amines) is 1. The fourth-order valence-corrected chi connectivity index (χ4v) is 4.59. The standard InChI is InChI=1S/C20H25F3N2S/c1-3-25-11-9-17(10-12-25)24(2)14-18-7-8-19(26-18)15-5-4-6-16(13-15)20(21,22)23/h4-8,13,17H,3,9-12,14H2,1-2H3. The monoisotopic (exact) mass is 382 g/mol. The quantitative estimate of drug-likeness (QED) is 0.688. The van der Waals surface area contributed by atoms with Crippen molar-refractivity contribution in [1.29, 1.82) is 0 Å². The molecule has 1 saturated heterocycles. The molecule has 1 aliphatic heterocycles. The summed E-state index contributed by atoms with van der Waals surface area (Å²) in [5, 5.41) is 0.